The Morgan fingerprint density at radius 2 is 1.69 bits per heavy atom. The minimum absolute atomic E-state index is 0.0477. The molecule has 4 aromatic rings. The second-order valence-corrected chi connectivity index (χ2v) is 7.49. The molecule has 0 aliphatic rings. The molecule has 0 bridgehead atoms. The number of halogens is 5. The third-order valence-electron chi connectivity index (χ3n) is 4.65. The van der Waals surface area contributed by atoms with Crippen LogP contribution in [-0.4, -0.2) is 23.1 Å². The van der Waals surface area contributed by atoms with Gasteiger partial charge in [-0.25, -0.2) is 19.2 Å². The molecule has 0 atom stereocenters. The van der Waals surface area contributed by atoms with Crippen LogP contribution in [0.15, 0.2) is 60.8 Å². The molecule has 3 aromatic carbocycles. The molecule has 0 unspecified atom stereocenters. The van der Waals surface area contributed by atoms with Crippen molar-refractivity contribution in [3.05, 3.63) is 77.2 Å². The Morgan fingerprint density at radius 3 is 2.37 bits per heavy atom. The number of hydrogen-bond donors (Lipinski definition) is 2. The van der Waals surface area contributed by atoms with Gasteiger partial charge in [-0.3, -0.25) is 0 Å². The lowest BCUT2D eigenvalue weighted by molar-refractivity contribution is -0.137. The quantitative estimate of drug-likeness (QED) is 0.288. The highest BCUT2D eigenvalue weighted by Crippen LogP contribution is 2.36. The number of urea groups is 1. The van der Waals surface area contributed by atoms with Gasteiger partial charge >= 0.3 is 12.2 Å². The molecule has 0 aliphatic heterocycles. The molecule has 0 radical (unpaired) electrons. The summed E-state index contributed by atoms with van der Waals surface area (Å²) >= 11 is 5.57. The Morgan fingerprint density at radius 1 is 0.971 bits per heavy atom. The fourth-order valence-electron chi connectivity index (χ4n) is 3.04. The van der Waals surface area contributed by atoms with E-state index in [9.17, 15) is 22.4 Å². The van der Waals surface area contributed by atoms with Gasteiger partial charge in [0, 0.05) is 23.5 Å². The van der Waals surface area contributed by atoms with E-state index < -0.39 is 28.6 Å². The van der Waals surface area contributed by atoms with Crippen LogP contribution in [0.3, 0.4) is 0 Å². The van der Waals surface area contributed by atoms with Crippen LogP contribution >= 0.6 is 11.6 Å². The van der Waals surface area contributed by atoms with Crippen LogP contribution in [0.25, 0.3) is 11.0 Å². The molecule has 0 spiro atoms. The van der Waals surface area contributed by atoms with Crippen molar-refractivity contribution in [2.45, 2.75) is 6.18 Å². The van der Waals surface area contributed by atoms with E-state index >= 15 is 0 Å². The van der Waals surface area contributed by atoms with Gasteiger partial charge in [0.25, 0.3) is 0 Å². The van der Waals surface area contributed by atoms with Gasteiger partial charge in [0.2, 0.25) is 5.88 Å². The van der Waals surface area contributed by atoms with E-state index in [4.69, 9.17) is 21.1 Å². The normalized spacial score (nSPS) is 11.3. The highest BCUT2D eigenvalue weighted by atomic mass is 35.5. The lowest BCUT2D eigenvalue weighted by Crippen LogP contribution is -2.20. The Labute approximate surface area is 200 Å². The Kier molecular flexibility index (Phi) is 6.61. The smallest absolute Gasteiger partial charge is 0.417 e. The Balaban J connectivity index is 1.45. The molecule has 12 heteroatoms. The summed E-state index contributed by atoms with van der Waals surface area (Å²) < 4.78 is 64.2. The number of alkyl halides is 3. The fraction of sp³-hybridized carbons (Fsp3) is 0.0870. The third-order valence-corrected chi connectivity index (χ3v) is 4.98. The summed E-state index contributed by atoms with van der Waals surface area (Å²) in [6, 6.07) is 10.5. The summed E-state index contributed by atoms with van der Waals surface area (Å²) in [5.74, 6) is -0.312. The molecule has 0 saturated heterocycles. The minimum Gasteiger partial charge on any atom is -0.480 e. The van der Waals surface area contributed by atoms with Crippen LogP contribution in [-0.2, 0) is 6.18 Å². The number of anilines is 2. The maximum atomic E-state index is 14.6. The van der Waals surface area contributed by atoms with Crippen LogP contribution in [0.1, 0.15) is 5.56 Å². The highest BCUT2D eigenvalue weighted by molar-refractivity contribution is 6.31. The number of carbonyl (C=O) groups excluding carboxylic acids is 1. The molecule has 0 aliphatic carbocycles. The van der Waals surface area contributed by atoms with Crippen LogP contribution < -0.4 is 20.1 Å². The van der Waals surface area contributed by atoms with Crippen molar-refractivity contribution in [2.75, 3.05) is 17.7 Å². The second-order valence-electron chi connectivity index (χ2n) is 7.08. The number of benzene rings is 3. The van der Waals surface area contributed by atoms with Crippen LogP contribution in [0.5, 0.6) is 17.4 Å². The van der Waals surface area contributed by atoms with Gasteiger partial charge < -0.3 is 20.1 Å². The van der Waals surface area contributed by atoms with Crippen molar-refractivity contribution in [3.63, 3.8) is 0 Å². The number of amides is 2. The van der Waals surface area contributed by atoms with Gasteiger partial charge in [0.15, 0.2) is 11.6 Å². The average Bonchev–Trinajstić information content (AvgIpc) is 2.81. The number of ether oxygens (including phenoxy) is 2. The van der Waals surface area contributed by atoms with Crippen molar-refractivity contribution < 1.29 is 31.8 Å². The predicted molar refractivity (Wildman–Crippen MR) is 122 cm³/mol. The zero-order chi connectivity index (χ0) is 25.2. The van der Waals surface area contributed by atoms with E-state index in [0.29, 0.717) is 28.7 Å². The number of aromatic nitrogens is 2. The molecule has 35 heavy (non-hydrogen) atoms. The Hall–Kier alpha value is -4.12. The maximum absolute atomic E-state index is 14.6. The molecule has 2 amide bonds. The molecular formula is C23H15ClF4N4O3. The summed E-state index contributed by atoms with van der Waals surface area (Å²) in [6.07, 6.45) is -3.22. The van der Waals surface area contributed by atoms with Crippen LogP contribution in [0.2, 0.25) is 5.02 Å². The molecule has 180 valence electrons. The summed E-state index contributed by atoms with van der Waals surface area (Å²) in [5.41, 5.74) is -0.120. The maximum Gasteiger partial charge on any atom is 0.417 e. The van der Waals surface area contributed by atoms with Gasteiger partial charge in [-0.05, 0) is 42.5 Å². The first-order chi connectivity index (χ1) is 16.6. The van der Waals surface area contributed by atoms with E-state index in [1.807, 2.05) is 0 Å². The molecule has 1 heterocycles. The molecule has 1 aromatic heterocycles. The first-order valence-electron chi connectivity index (χ1n) is 9.85. The zero-order valence-electron chi connectivity index (χ0n) is 17.8. The van der Waals surface area contributed by atoms with E-state index in [2.05, 4.69) is 20.6 Å². The fourth-order valence-corrected chi connectivity index (χ4v) is 3.26. The molecule has 7 nitrogen and oxygen atoms in total. The largest absolute Gasteiger partial charge is 0.480 e. The van der Waals surface area contributed by atoms with Crippen LogP contribution in [0, 0.1) is 5.82 Å². The van der Waals surface area contributed by atoms with Crippen LogP contribution in [0.4, 0.5) is 33.7 Å². The lowest BCUT2D eigenvalue weighted by Gasteiger charge is -2.13. The van der Waals surface area contributed by atoms with Gasteiger partial charge in [-0.2, -0.15) is 13.2 Å². The van der Waals surface area contributed by atoms with E-state index in [0.717, 1.165) is 12.1 Å². The van der Waals surface area contributed by atoms with Crippen molar-refractivity contribution >= 4 is 40.0 Å². The first kappa shape index (κ1) is 24.0. The topological polar surface area (TPSA) is 85.4 Å². The standard InChI is InChI=1S/C23H15ClF4N4O3/c1-34-21-11-29-18-6-4-14(10-19(18)32-21)35-20-7-3-13(9-17(20)25)31-22(33)30-12-2-5-16(24)15(8-12)23(26,27)28/h2-11H,1H3,(H2,30,31,33). The van der Waals surface area contributed by atoms with Crippen molar-refractivity contribution in [1.82, 2.24) is 9.97 Å². The number of nitrogens with zero attached hydrogens (tertiary/aromatic N) is 2. The number of carbonyl (C=O) groups is 1. The van der Waals surface area contributed by atoms with Gasteiger partial charge in [-0.1, -0.05) is 11.6 Å². The number of nitrogens with one attached hydrogen (secondary N) is 2. The minimum atomic E-state index is -4.69. The predicted octanol–water partition coefficient (Wildman–Crippen LogP) is 6.89. The second kappa shape index (κ2) is 9.63. The first-order valence-corrected chi connectivity index (χ1v) is 10.2. The molecule has 0 fully saturated rings. The SMILES string of the molecule is COc1cnc2ccc(Oc3ccc(NC(=O)Nc4ccc(Cl)c(C(F)(F)F)c4)cc3F)cc2n1. The summed E-state index contributed by atoms with van der Waals surface area (Å²) in [6.45, 7) is 0. The molecule has 4 rings (SSSR count). The Bertz CT molecular complexity index is 1420. The molecule has 0 saturated carbocycles. The summed E-state index contributed by atoms with van der Waals surface area (Å²) in [4.78, 5) is 20.6. The van der Waals surface area contributed by atoms with Crippen molar-refractivity contribution in [3.8, 4) is 17.4 Å². The van der Waals surface area contributed by atoms with Gasteiger partial charge in [-0.15, -0.1) is 0 Å². The van der Waals surface area contributed by atoms with Crippen molar-refractivity contribution in [1.29, 1.82) is 0 Å². The number of rotatable bonds is 5. The third kappa shape index (κ3) is 5.69. The summed E-state index contributed by atoms with van der Waals surface area (Å²) in [5, 5.41) is 4.08. The van der Waals surface area contributed by atoms with Gasteiger partial charge in [0.1, 0.15) is 5.75 Å². The van der Waals surface area contributed by atoms with E-state index in [1.165, 1.54) is 31.5 Å². The molecule has 2 N–H and O–H groups in total. The number of methoxy groups -OCH3 is 1. The zero-order valence-corrected chi connectivity index (χ0v) is 18.5. The summed E-state index contributed by atoms with van der Waals surface area (Å²) in [7, 11) is 1.46. The van der Waals surface area contributed by atoms with Crippen molar-refractivity contribution in [2.24, 2.45) is 0 Å². The van der Waals surface area contributed by atoms with E-state index in [1.54, 1.807) is 18.2 Å². The lowest BCUT2D eigenvalue weighted by atomic mass is 10.2. The highest BCUT2D eigenvalue weighted by Gasteiger charge is 2.33. The van der Waals surface area contributed by atoms with E-state index in [-0.39, 0.29) is 17.1 Å². The monoisotopic (exact) mass is 506 g/mol. The number of fused-ring (bicyclic) bond motifs is 1. The molecular weight excluding hydrogens is 492 g/mol. The average molecular weight is 507 g/mol. The van der Waals surface area contributed by atoms with Gasteiger partial charge in [0.05, 0.1) is 34.9 Å². The number of hydrogen-bond acceptors (Lipinski definition) is 5.